The van der Waals surface area contributed by atoms with Crippen LogP contribution in [-0.2, 0) is 18.9 Å². The number of carbonyl (C=O) groups excluding carboxylic acids is 4. The van der Waals surface area contributed by atoms with Crippen molar-refractivity contribution in [3.8, 4) is 29.3 Å². The number of pyridine rings is 8. The maximum absolute atomic E-state index is 12.3. The maximum Gasteiger partial charge on any atom is 0.417 e. The Morgan fingerprint density at radius 3 is 0.881 bits per heavy atom. The average molecular weight is 1850 g/mol. The molecule has 1 aromatic carbocycles. The number of nitrogens with two attached hydrogens (primary N) is 1. The fourth-order valence-electron chi connectivity index (χ4n) is 9.04. The van der Waals surface area contributed by atoms with Crippen LogP contribution >= 0.6 is 105 Å². The largest absolute Gasteiger partial charge is 0.417 e. The number of nitrogens with one attached hydrogen (secondary N) is 7. The molecule has 29 nitrogen and oxygen atoms in total. The number of para-hydroxylation sites is 1. The Kier molecular flexibility index (Phi) is 43.0. The summed E-state index contributed by atoms with van der Waals surface area (Å²) in [4.78, 5) is 79.2. The zero-order chi connectivity index (χ0) is 88.4. The number of alkyl halides is 8. The van der Waals surface area contributed by atoms with Gasteiger partial charge in [-0.3, -0.25) is 25.3 Å². The van der Waals surface area contributed by atoms with Crippen molar-refractivity contribution in [3.63, 3.8) is 0 Å². The molecule has 0 aliphatic carbocycles. The van der Waals surface area contributed by atoms with Gasteiger partial charge in [0.05, 0.1) is 162 Å². The highest BCUT2D eigenvalue weighted by Gasteiger charge is 2.25. The number of hydrogen-bond acceptors (Lipinski definition) is 23. The van der Waals surface area contributed by atoms with Gasteiger partial charge in [0.2, 0.25) is 23.5 Å². The average Bonchev–Trinajstić information content (AvgIpc) is 0.820. The number of benzene rings is 1. The predicted octanol–water partition coefficient (Wildman–Crippen LogP) is 22.6. The Labute approximate surface area is 713 Å². The molecule has 0 aliphatic heterocycles. The molecule has 9 rings (SSSR count). The molecule has 118 heavy (non-hydrogen) atoms. The van der Waals surface area contributed by atoms with Crippen molar-refractivity contribution in [1.82, 2.24) is 39.9 Å². The fraction of sp³-hybridized carbons (Fsp3) is 0.296. The van der Waals surface area contributed by atoms with Crippen LogP contribution in [0.1, 0.15) is 97.1 Å². The van der Waals surface area contributed by atoms with Gasteiger partial charge >= 0.3 is 50.6 Å². The lowest BCUT2D eigenvalue weighted by molar-refractivity contribution is -0.0534. The highest BCUT2D eigenvalue weighted by Crippen LogP contribution is 2.39. The first-order valence-corrected chi connectivity index (χ1v) is 37.2. The van der Waals surface area contributed by atoms with Gasteiger partial charge in [-0.15, -0.1) is 0 Å². The predicted molar refractivity (Wildman–Crippen MR) is 434 cm³/mol. The molecule has 0 aliphatic rings. The van der Waals surface area contributed by atoms with Crippen LogP contribution in [-0.4, -0.2) is 125 Å². The summed E-state index contributed by atoms with van der Waals surface area (Å²) in [7, 11) is 6.15. The Morgan fingerprint density at radius 2 is 0.627 bits per heavy atom. The quantitative estimate of drug-likeness (QED) is 0.0260. The Morgan fingerprint density at radius 1 is 0.381 bits per heavy atom. The van der Waals surface area contributed by atoms with Crippen molar-refractivity contribution in [1.29, 1.82) is 0 Å². The highest BCUT2D eigenvalue weighted by molar-refractivity contribution is 7.93. The standard InChI is InChI=1S/3C16H16Cl2F2N4O3.C13H9ClF2N2O3.C9H13ClN2O.CH3FS/c3*1-7-13(18)12(8(2)26-3)11(6-21-7)24-16(25)23-9-4-10(17)14(22-5-9)27-15(19)20;14-10-6-8(7-17-11(10)21-12(15)16)18-13(19)20-9-4-2-1-3-5-9;1-5-9(10)8(6(2)13-3)7(11)4-12-5;1-3-2/h3*4-6,8,15H,1-3H3,(H2,23,24,25);1-7,12H,(H,18,19);4,6H,11H2,1-3H3;1H3/t2*8-;;;;/m10..../s1. The van der Waals surface area contributed by atoms with E-state index in [1.807, 2.05) is 13.8 Å². The normalized spacial score (nSPS) is 11.6. The van der Waals surface area contributed by atoms with Crippen LogP contribution in [0.15, 0.2) is 104 Å². The molecule has 640 valence electrons. The summed E-state index contributed by atoms with van der Waals surface area (Å²) >= 11 is 48.3. The van der Waals surface area contributed by atoms with Gasteiger partial charge in [-0.25, -0.2) is 39.1 Å². The van der Waals surface area contributed by atoms with E-state index < -0.39 is 92.5 Å². The molecule has 0 spiro atoms. The van der Waals surface area contributed by atoms with Gasteiger partial charge in [0.15, 0.2) is 0 Å². The molecule has 4 atom stereocenters. The van der Waals surface area contributed by atoms with E-state index in [1.165, 1.54) is 70.4 Å². The van der Waals surface area contributed by atoms with Crippen molar-refractivity contribution in [3.05, 3.63) is 189 Å². The van der Waals surface area contributed by atoms with Crippen LogP contribution in [0.25, 0.3) is 0 Å². The van der Waals surface area contributed by atoms with Crippen LogP contribution in [0.5, 0.6) is 29.3 Å². The molecule has 9 aromatic rings. The van der Waals surface area contributed by atoms with Crippen molar-refractivity contribution >= 4 is 175 Å². The Bertz CT molecular complexity index is 4500. The van der Waals surface area contributed by atoms with Crippen LogP contribution < -0.4 is 66.6 Å². The van der Waals surface area contributed by atoms with E-state index in [4.69, 9.17) is 122 Å². The lowest BCUT2D eigenvalue weighted by Crippen LogP contribution is -2.21. The molecule has 0 fully saturated rings. The minimum absolute atomic E-state index is 0.103. The number of rotatable bonds is 24. The van der Waals surface area contributed by atoms with Gasteiger partial charge in [-0.05, 0) is 91.8 Å². The monoisotopic (exact) mass is 1840 g/mol. The number of methoxy groups -OCH3 is 4. The SMILES string of the molecule is COC(C)c1c(N)cnc(C)c1Cl.COC(C)c1c(NC(=O)Nc2cnc(OC(F)F)c(Cl)c2)cnc(C)c1Cl.CO[C@@H](C)c1c(NC(=O)Nc2cnc(OC(F)F)c(Cl)c2)cnc(C)c1Cl.CO[C@H](C)c1c(NC(=O)Nc2cnc(OC(F)F)c(Cl)c2)cnc(C)c1Cl.CSF.O=C(Nc1cnc(OC(F)F)c(Cl)c1)Oc1ccccc1. The Hall–Kier alpha value is -9.62. The third-order valence-corrected chi connectivity index (χ3v) is 17.7. The molecule has 0 saturated carbocycles. The number of aryl methyl sites for hydroxylation is 4. The van der Waals surface area contributed by atoms with Crippen molar-refractivity contribution in [2.45, 2.75) is 106 Å². The second-order valence-corrected chi connectivity index (χ2v) is 26.2. The van der Waals surface area contributed by atoms with Crippen LogP contribution in [0, 0.1) is 27.7 Å². The third kappa shape index (κ3) is 32.6. The number of ether oxygens (including phenoxy) is 9. The van der Waals surface area contributed by atoms with Crippen LogP contribution in [0.2, 0.25) is 40.2 Å². The summed E-state index contributed by atoms with van der Waals surface area (Å²) in [5, 5.41) is 18.6. The molecule has 2 unspecified atom stereocenters. The first-order chi connectivity index (χ1) is 55.7. The smallest absolute Gasteiger partial charge is 0.415 e. The first kappa shape index (κ1) is 101. The maximum atomic E-state index is 12.3. The molecule has 7 amide bonds. The molecule has 0 saturated heterocycles. The number of hydrogen-bond donors (Lipinski definition) is 8. The summed E-state index contributed by atoms with van der Waals surface area (Å²) in [6.45, 7) is 2.05. The summed E-state index contributed by atoms with van der Waals surface area (Å²) in [6, 6.07) is 11.4. The number of halogens is 17. The molecule has 9 N–H and O–H groups in total. The van der Waals surface area contributed by atoms with E-state index in [9.17, 15) is 58.2 Å². The summed E-state index contributed by atoms with van der Waals surface area (Å²) in [6.07, 6.45) is 9.80. The lowest BCUT2D eigenvalue weighted by atomic mass is 10.1. The number of aromatic nitrogens is 8. The zero-order valence-corrected chi connectivity index (χ0v) is 70.6. The van der Waals surface area contributed by atoms with E-state index >= 15 is 0 Å². The summed E-state index contributed by atoms with van der Waals surface area (Å²) in [5.74, 6) is -1.39. The number of urea groups is 3. The number of carbonyl (C=O) groups is 4. The molecule has 47 heteroatoms. The molecule has 8 heterocycles. The van der Waals surface area contributed by atoms with Gasteiger partial charge in [0.25, 0.3) is 0 Å². The van der Waals surface area contributed by atoms with E-state index in [1.54, 1.807) is 85.2 Å². The minimum Gasteiger partial charge on any atom is -0.415 e. The minimum atomic E-state index is -3.06. The van der Waals surface area contributed by atoms with E-state index in [0.717, 1.165) is 36.0 Å². The second-order valence-electron chi connectivity index (χ2n) is 22.8. The molecule has 8 aromatic heterocycles. The van der Waals surface area contributed by atoms with Crippen molar-refractivity contribution < 1.29 is 101 Å². The number of nitrogen functional groups attached to an aromatic ring is 1. The molecular weight excluding hydrogens is 1770 g/mol. The summed E-state index contributed by atoms with van der Waals surface area (Å²) < 4.78 is 150. The molecule has 0 radical (unpaired) electrons. The van der Waals surface area contributed by atoms with Crippen LogP contribution in [0.4, 0.5) is 104 Å². The number of anilines is 8. The van der Waals surface area contributed by atoms with Crippen molar-refractivity contribution in [2.75, 3.05) is 77.6 Å². The zero-order valence-electron chi connectivity index (χ0n) is 63.7. The lowest BCUT2D eigenvalue weighted by Gasteiger charge is -2.18. The number of amides is 7. The third-order valence-electron chi connectivity index (χ3n) is 14.7. The second kappa shape index (κ2) is 50.3. The van der Waals surface area contributed by atoms with Gasteiger partial charge in [0.1, 0.15) is 25.8 Å². The van der Waals surface area contributed by atoms with Gasteiger partial charge in [-0.1, -0.05) is 111 Å². The van der Waals surface area contributed by atoms with E-state index in [2.05, 4.69) is 96.0 Å². The fourth-order valence-corrected chi connectivity index (χ4v) is 11.1. The molecular formula is C71H73Cl8F9N16O13S. The first-order valence-electron chi connectivity index (χ1n) is 33.0. The van der Waals surface area contributed by atoms with Gasteiger partial charge in [-0.2, -0.15) is 39.0 Å². The van der Waals surface area contributed by atoms with Gasteiger partial charge in [0, 0.05) is 69.1 Å². The summed E-state index contributed by atoms with van der Waals surface area (Å²) in [5.41, 5.74) is 13.1. The number of nitrogens with zero attached hydrogens (tertiary/aromatic N) is 8. The van der Waals surface area contributed by atoms with Crippen molar-refractivity contribution in [2.24, 2.45) is 0 Å². The topological polar surface area (TPSA) is 365 Å². The molecule has 0 bridgehead atoms. The van der Waals surface area contributed by atoms with Gasteiger partial charge < -0.3 is 80.3 Å². The van der Waals surface area contributed by atoms with E-state index in [0.29, 0.717) is 82.4 Å². The highest BCUT2D eigenvalue weighted by atomic mass is 35.5. The van der Waals surface area contributed by atoms with E-state index in [-0.39, 0.29) is 61.1 Å². The Balaban J connectivity index is 0.000000312. The van der Waals surface area contributed by atoms with Crippen LogP contribution in [0.3, 0.4) is 0 Å².